The van der Waals surface area contributed by atoms with Crippen molar-refractivity contribution in [3.8, 4) is 0 Å². The van der Waals surface area contributed by atoms with Crippen molar-refractivity contribution in [2.75, 3.05) is 13.2 Å². The summed E-state index contributed by atoms with van der Waals surface area (Å²) in [6.45, 7) is 10.8. The molecule has 2 atom stereocenters. The van der Waals surface area contributed by atoms with Crippen molar-refractivity contribution in [3.63, 3.8) is 0 Å². The summed E-state index contributed by atoms with van der Waals surface area (Å²) < 4.78 is 11.3. The molecule has 2 unspecified atom stereocenters. The predicted octanol–water partition coefficient (Wildman–Crippen LogP) is 4.41. The molecule has 2 heterocycles. The average Bonchev–Trinajstić information content (AvgIpc) is 2.58. The van der Waals surface area contributed by atoms with Gasteiger partial charge in [0.25, 0.3) is 0 Å². The lowest BCUT2D eigenvalue weighted by molar-refractivity contribution is -0.0861. The number of hydrogen-bond acceptors (Lipinski definition) is 4. The molecule has 0 N–H and O–H groups in total. The molecule has 148 valence electrons. The van der Waals surface area contributed by atoms with E-state index in [4.69, 9.17) is 9.47 Å². The Bertz CT molecular complexity index is 693. The van der Waals surface area contributed by atoms with Crippen LogP contribution in [0.15, 0.2) is 24.3 Å². The normalized spacial score (nSPS) is 25.4. The van der Waals surface area contributed by atoms with E-state index in [1.54, 1.807) is 0 Å². The van der Waals surface area contributed by atoms with Gasteiger partial charge in [0.2, 0.25) is 0 Å². The first kappa shape index (κ1) is 19.9. The van der Waals surface area contributed by atoms with Gasteiger partial charge in [-0.2, -0.15) is 0 Å². The summed E-state index contributed by atoms with van der Waals surface area (Å²) in [6.07, 6.45) is 0.953. The van der Waals surface area contributed by atoms with Gasteiger partial charge >= 0.3 is 6.09 Å². The highest BCUT2D eigenvalue weighted by atomic mass is 16.6. The van der Waals surface area contributed by atoms with Crippen molar-refractivity contribution in [2.24, 2.45) is 5.92 Å². The lowest BCUT2D eigenvalue weighted by Crippen LogP contribution is -2.60. The first-order valence-corrected chi connectivity index (χ1v) is 9.89. The Morgan fingerprint density at radius 3 is 2.33 bits per heavy atom. The second-order valence-electron chi connectivity index (χ2n) is 9.05. The summed E-state index contributed by atoms with van der Waals surface area (Å²) in [5, 5.41) is 0. The van der Waals surface area contributed by atoms with Crippen molar-refractivity contribution >= 4 is 11.9 Å². The smallest absolute Gasteiger partial charge is 0.410 e. The molecule has 1 aromatic rings. The molecule has 5 heteroatoms. The van der Waals surface area contributed by atoms with Crippen molar-refractivity contribution in [1.29, 1.82) is 0 Å². The first-order valence-electron chi connectivity index (χ1n) is 9.89. The molecule has 27 heavy (non-hydrogen) atoms. The summed E-state index contributed by atoms with van der Waals surface area (Å²) >= 11 is 0. The maximum Gasteiger partial charge on any atom is 0.410 e. The highest BCUT2D eigenvalue weighted by Crippen LogP contribution is 2.35. The van der Waals surface area contributed by atoms with E-state index in [0.717, 1.165) is 5.56 Å². The molecule has 0 aliphatic carbocycles. The second-order valence-corrected chi connectivity index (χ2v) is 9.05. The zero-order chi connectivity index (χ0) is 19.8. The Morgan fingerprint density at radius 1 is 1.15 bits per heavy atom. The minimum Gasteiger partial charge on any atom is -0.444 e. The number of ketones is 1. The zero-order valence-corrected chi connectivity index (χ0v) is 17.0. The van der Waals surface area contributed by atoms with Crippen LogP contribution in [0.3, 0.4) is 0 Å². The number of ether oxygens (including phenoxy) is 2. The van der Waals surface area contributed by atoms with Gasteiger partial charge in [0.05, 0.1) is 25.3 Å². The van der Waals surface area contributed by atoms with Crippen LogP contribution in [0, 0.1) is 5.92 Å². The van der Waals surface area contributed by atoms with Gasteiger partial charge in [-0.1, -0.05) is 32.0 Å². The van der Waals surface area contributed by atoms with Crippen molar-refractivity contribution in [2.45, 2.75) is 71.1 Å². The van der Waals surface area contributed by atoms with Crippen LogP contribution in [0.2, 0.25) is 0 Å². The van der Waals surface area contributed by atoms with E-state index in [0.29, 0.717) is 32.0 Å². The van der Waals surface area contributed by atoms with Gasteiger partial charge in [0.15, 0.2) is 5.78 Å². The lowest BCUT2D eigenvalue weighted by Gasteiger charge is -2.47. The maximum absolute atomic E-state index is 13.1. The number of hydrogen-bond donors (Lipinski definition) is 0. The molecule has 1 aromatic carbocycles. The van der Waals surface area contributed by atoms with Gasteiger partial charge in [-0.3, -0.25) is 9.69 Å². The number of morpholine rings is 1. The Labute approximate surface area is 162 Å². The molecule has 2 aliphatic rings. The lowest BCUT2D eigenvalue weighted by atomic mass is 9.80. The Morgan fingerprint density at radius 2 is 1.78 bits per heavy atom. The number of piperidine rings is 1. The van der Waals surface area contributed by atoms with Crippen molar-refractivity contribution in [1.82, 2.24) is 4.90 Å². The highest BCUT2D eigenvalue weighted by Gasteiger charge is 2.45. The van der Waals surface area contributed by atoms with E-state index in [9.17, 15) is 9.59 Å². The van der Waals surface area contributed by atoms with Crippen LogP contribution >= 0.6 is 0 Å². The molecule has 0 spiro atoms. The number of fused-ring (bicyclic) bond motifs is 2. The van der Waals surface area contributed by atoms with Gasteiger partial charge in [-0.15, -0.1) is 0 Å². The van der Waals surface area contributed by atoms with Crippen LogP contribution < -0.4 is 0 Å². The van der Waals surface area contributed by atoms with Gasteiger partial charge < -0.3 is 9.47 Å². The van der Waals surface area contributed by atoms with Crippen LogP contribution in [0.25, 0.3) is 0 Å². The summed E-state index contributed by atoms with van der Waals surface area (Å²) in [5.41, 5.74) is 1.42. The van der Waals surface area contributed by atoms with Gasteiger partial charge in [-0.25, -0.2) is 4.79 Å². The number of rotatable bonds is 3. The predicted molar refractivity (Wildman–Crippen MR) is 104 cm³/mol. The van der Waals surface area contributed by atoms with E-state index in [2.05, 4.69) is 19.9 Å². The van der Waals surface area contributed by atoms with E-state index < -0.39 is 5.60 Å². The molecule has 2 fully saturated rings. The molecule has 5 nitrogen and oxygen atoms in total. The third-order valence-corrected chi connectivity index (χ3v) is 5.33. The molecule has 1 amide bonds. The largest absolute Gasteiger partial charge is 0.444 e. The maximum atomic E-state index is 13.1. The van der Waals surface area contributed by atoms with Gasteiger partial charge in [0, 0.05) is 11.5 Å². The number of Topliss-reactive ketones (excluding diaryl/α,β-unsaturated/α-hetero) is 1. The molecule has 3 rings (SSSR count). The van der Waals surface area contributed by atoms with Gasteiger partial charge in [-0.05, 0) is 51.2 Å². The molecule has 0 aromatic heterocycles. The van der Waals surface area contributed by atoms with Crippen LogP contribution in [0.1, 0.15) is 69.3 Å². The first-order chi connectivity index (χ1) is 12.7. The van der Waals surface area contributed by atoms with Crippen LogP contribution in [-0.2, 0) is 9.47 Å². The average molecular weight is 373 g/mol. The SMILES string of the molecule is CC(C)c1cccc(C(=O)C2CC3COCC(C2)N3C(=O)OC(C)(C)C)c1. The summed E-state index contributed by atoms with van der Waals surface area (Å²) in [4.78, 5) is 27.6. The monoisotopic (exact) mass is 373 g/mol. The molecule has 2 saturated heterocycles. The molecule has 0 radical (unpaired) electrons. The zero-order valence-electron chi connectivity index (χ0n) is 17.0. The summed E-state index contributed by atoms with van der Waals surface area (Å²) in [5.74, 6) is 0.489. The number of amides is 1. The second kappa shape index (κ2) is 7.63. The van der Waals surface area contributed by atoms with Crippen molar-refractivity contribution < 1.29 is 19.1 Å². The quantitative estimate of drug-likeness (QED) is 0.737. The Balaban J connectivity index is 1.75. The fourth-order valence-corrected chi connectivity index (χ4v) is 4.03. The highest BCUT2D eigenvalue weighted by molar-refractivity contribution is 5.98. The van der Waals surface area contributed by atoms with E-state index in [-0.39, 0.29) is 29.9 Å². The molecule has 2 aliphatic heterocycles. The third-order valence-electron chi connectivity index (χ3n) is 5.33. The molecular weight excluding hydrogens is 342 g/mol. The van der Waals surface area contributed by atoms with E-state index in [1.807, 2.05) is 43.9 Å². The van der Waals surface area contributed by atoms with E-state index in [1.165, 1.54) is 5.56 Å². The number of nitrogens with zero attached hydrogens (tertiary/aromatic N) is 1. The fourth-order valence-electron chi connectivity index (χ4n) is 4.03. The van der Waals surface area contributed by atoms with Crippen molar-refractivity contribution in [3.05, 3.63) is 35.4 Å². The Kier molecular flexibility index (Phi) is 5.61. The third kappa shape index (κ3) is 4.52. The standard InChI is InChI=1S/C22H31NO4/c1-14(2)15-7-6-8-16(9-15)20(24)17-10-18-12-26-13-19(11-17)23(18)21(25)27-22(3,4)5/h6-9,14,17-19H,10-13H2,1-5H3. The fraction of sp³-hybridized carbons (Fsp3) is 0.636. The van der Waals surface area contributed by atoms with Crippen LogP contribution in [-0.4, -0.2) is 47.7 Å². The minimum atomic E-state index is -0.532. The molecule has 0 saturated carbocycles. The van der Waals surface area contributed by atoms with E-state index >= 15 is 0 Å². The van der Waals surface area contributed by atoms with Crippen LogP contribution in [0.5, 0.6) is 0 Å². The Hall–Kier alpha value is -1.88. The number of carbonyl (C=O) groups excluding carboxylic acids is 2. The summed E-state index contributed by atoms with van der Waals surface area (Å²) in [7, 11) is 0. The van der Waals surface area contributed by atoms with Crippen LogP contribution in [0.4, 0.5) is 4.79 Å². The number of benzene rings is 1. The topological polar surface area (TPSA) is 55.8 Å². The molecular formula is C22H31NO4. The van der Waals surface area contributed by atoms with Gasteiger partial charge in [0.1, 0.15) is 5.60 Å². The number of carbonyl (C=O) groups is 2. The minimum absolute atomic E-state index is 0.0787. The molecule has 2 bridgehead atoms. The summed E-state index contributed by atoms with van der Waals surface area (Å²) in [6, 6.07) is 7.74.